The Hall–Kier alpha value is -1.02. The third-order valence-corrected chi connectivity index (χ3v) is 1.62. The quantitative estimate of drug-likeness (QED) is 0.528. The molecule has 0 N–H and O–H groups in total. The van der Waals surface area contributed by atoms with Crippen molar-refractivity contribution in [2.24, 2.45) is 0 Å². The second-order valence-corrected chi connectivity index (χ2v) is 2.36. The topological polar surface area (TPSA) is 29.1 Å². The molecule has 0 amide bonds. The lowest BCUT2D eigenvalue weighted by molar-refractivity contribution is -0.0540. The average Bonchev–Trinajstić information content (AvgIpc) is 2.27. The summed E-state index contributed by atoms with van der Waals surface area (Å²) >= 11 is 0. The predicted octanol–water partition coefficient (Wildman–Crippen LogP) is 1.38. The van der Waals surface area contributed by atoms with Gasteiger partial charge in [0.15, 0.2) is 0 Å². The van der Waals surface area contributed by atoms with Gasteiger partial charge in [-0.1, -0.05) is 18.2 Å². The van der Waals surface area contributed by atoms with Gasteiger partial charge in [0.2, 0.25) is 6.29 Å². The third-order valence-electron chi connectivity index (χ3n) is 1.62. The molecule has 1 atom stereocenters. The van der Waals surface area contributed by atoms with Crippen molar-refractivity contribution in [2.45, 2.75) is 12.7 Å². The summed E-state index contributed by atoms with van der Waals surface area (Å²) in [4.78, 5) is 0. The Morgan fingerprint density at radius 3 is 3.00 bits per heavy atom. The van der Waals surface area contributed by atoms with Crippen LogP contribution in [0.4, 0.5) is 0 Å². The van der Waals surface area contributed by atoms with E-state index in [1.807, 2.05) is 24.3 Å². The van der Waals surface area contributed by atoms with Gasteiger partial charge < -0.3 is 4.74 Å². The van der Waals surface area contributed by atoms with Crippen molar-refractivity contribution in [1.29, 1.82) is 0 Å². The maximum atomic E-state index is 10.8. The number of ether oxygens (including phenoxy) is 1. The fourth-order valence-corrected chi connectivity index (χ4v) is 1.15. The van der Waals surface area contributed by atoms with E-state index in [2.05, 4.69) is 0 Å². The molecule has 0 spiro atoms. The van der Waals surface area contributed by atoms with E-state index in [0.717, 1.165) is 11.3 Å². The van der Waals surface area contributed by atoms with E-state index in [1.165, 1.54) is 0 Å². The summed E-state index contributed by atoms with van der Waals surface area (Å²) in [7, 11) is 0. The van der Waals surface area contributed by atoms with Crippen LogP contribution in [-0.2, 0) is 11.5 Å². The van der Waals surface area contributed by atoms with Crippen LogP contribution in [0.3, 0.4) is 0 Å². The van der Waals surface area contributed by atoms with Crippen LogP contribution in [0, 0.1) is 0 Å². The maximum Gasteiger partial charge on any atom is 0.235 e. The van der Waals surface area contributed by atoms with Crippen LogP contribution in [0.5, 0.6) is 5.75 Å². The molecule has 1 aromatic rings. The minimum absolute atomic E-state index is 0.510. The van der Waals surface area contributed by atoms with Crippen LogP contribution in [0.2, 0.25) is 0 Å². The molecule has 1 radical (unpaired) electrons. The molecule has 1 unspecified atom stereocenters. The third kappa shape index (κ3) is 0.772. The smallest absolute Gasteiger partial charge is 0.235 e. The molecule has 0 saturated heterocycles. The Bertz CT molecular complexity index is 220. The first-order chi connectivity index (χ1) is 4.86. The van der Waals surface area contributed by atoms with Crippen LogP contribution in [0.25, 0.3) is 0 Å². The predicted molar refractivity (Wildman–Crippen MR) is 35.2 cm³/mol. The highest BCUT2D eigenvalue weighted by Crippen LogP contribution is 2.26. The molecule has 1 aromatic carbocycles. The van der Waals surface area contributed by atoms with Crippen LogP contribution in [0.15, 0.2) is 24.3 Å². The Kier molecular flexibility index (Phi) is 1.14. The van der Waals surface area contributed by atoms with Gasteiger partial charge in [-0.25, -0.2) is 0 Å². The van der Waals surface area contributed by atoms with E-state index < -0.39 is 6.29 Å². The van der Waals surface area contributed by atoms with Gasteiger partial charge in [-0.2, -0.15) is 5.11 Å². The molecule has 0 aliphatic carbocycles. The molecule has 2 heteroatoms. The second kappa shape index (κ2) is 1.99. The van der Waals surface area contributed by atoms with Gasteiger partial charge in [-0.15, -0.1) is 0 Å². The number of hydrogen-bond acceptors (Lipinski definition) is 1. The normalized spacial score (nSPS) is 21.9. The van der Waals surface area contributed by atoms with E-state index in [-0.39, 0.29) is 0 Å². The molecule has 0 fully saturated rings. The fourth-order valence-electron chi connectivity index (χ4n) is 1.15. The highest BCUT2D eigenvalue weighted by molar-refractivity contribution is 5.36. The standard InChI is InChI=1S/C8H7O2/c9-8-5-6-3-1-2-4-7(6)10-8/h1-4,8H,5H2. The maximum absolute atomic E-state index is 10.8. The zero-order valence-electron chi connectivity index (χ0n) is 5.41. The summed E-state index contributed by atoms with van der Waals surface area (Å²) in [6, 6.07) is 7.54. The molecule has 0 saturated carbocycles. The highest BCUT2D eigenvalue weighted by atomic mass is 16.6. The summed E-state index contributed by atoms with van der Waals surface area (Å²) in [6.07, 6.45) is -0.367. The molecule has 1 heterocycles. The number of para-hydroxylation sites is 1. The number of fused-ring (bicyclic) bond motifs is 1. The van der Waals surface area contributed by atoms with Crippen molar-refractivity contribution in [1.82, 2.24) is 0 Å². The molecule has 0 aromatic heterocycles. The van der Waals surface area contributed by atoms with Gasteiger partial charge >= 0.3 is 0 Å². The SMILES string of the molecule is [O]C1Cc2ccccc2O1. The number of rotatable bonds is 0. The molecular weight excluding hydrogens is 128 g/mol. The Morgan fingerprint density at radius 2 is 2.20 bits per heavy atom. The largest absolute Gasteiger partial charge is 0.461 e. The number of benzene rings is 1. The second-order valence-electron chi connectivity index (χ2n) is 2.36. The molecule has 10 heavy (non-hydrogen) atoms. The van der Waals surface area contributed by atoms with Gasteiger partial charge in [0.1, 0.15) is 5.75 Å². The first-order valence-electron chi connectivity index (χ1n) is 3.26. The van der Waals surface area contributed by atoms with Gasteiger partial charge in [0.25, 0.3) is 0 Å². The average molecular weight is 135 g/mol. The van der Waals surface area contributed by atoms with Crippen molar-refractivity contribution in [3.63, 3.8) is 0 Å². The first-order valence-corrected chi connectivity index (χ1v) is 3.26. The Labute approximate surface area is 59.1 Å². The van der Waals surface area contributed by atoms with Crippen molar-refractivity contribution in [3.05, 3.63) is 29.8 Å². The Morgan fingerprint density at radius 1 is 1.40 bits per heavy atom. The first kappa shape index (κ1) is 5.74. The minimum Gasteiger partial charge on any atom is -0.461 e. The molecule has 2 rings (SSSR count). The van der Waals surface area contributed by atoms with Gasteiger partial charge in [-0.05, 0) is 6.07 Å². The lowest BCUT2D eigenvalue weighted by Gasteiger charge is -1.97. The molecule has 1 aliphatic heterocycles. The van der Waals surface area contributed by atoms with Gasteiger partial charge in [-0.3, -0.25) is 0 Å². The van der Waals surface area contributed by atoms with E-state index in [9.17, 15) is 5.11 Å². The van der Waals surface area contributed by atoms with Crippen LogP contribution >= 0.6 is 0 Å². The summed E-state index contributed by atoms with van der Waals surface area (Å²) in [5, 5.41) is 10.8. The van der Waals surface area contributed by atoms with Gasteiger partial charge in [0, 0.05) is 12.0 Å². The van der Waals surface area contributed by atoms with Crippen LogP contribution < -0.4 is 4.74 Å². The minimum atomic E-state index is -0.877. The van der Waals surface area contributed by atoms with Crippen molar-refractivity contribution >= 4 is 0 Å². The highest BCUT2D eigenvalue weighted by Gasteiger charge is 2.20. The van der Waals surface area contributed by atoms with E-state index in [1.54, 1.807) is 0 Å². The Balaban J connectivity index is 2.42. The molecule has 1 aliphatic rings. The zero-order valence-corrected chi connectivity index (χ0v) is 5.41. The monoisotopic (exact) mass is 135 g/mol. The van der Waals surface area contributed by atoms with Crippen LogP contribution in [0.1, 0.15) is 5.56 Å². The number of hydrogen-bond donors (Lipinski definition) is 0. The lowest BCUT2D eigenvalue weighted by atomic mass is 10.2. The lowest BCUT2D eigenvalue weighted by Crippen LogP contribution is -2.07. The summed E-state index contributed by atoms with van der Waals surface area (Å²) in [5.41, 5.74) is 1.03. The fraction of sp³-hybridized carbons (Fsp3) is 0.250. The van der Waals surface area contributed by atoms with E-state index in [4.69, 9.17) is 4.74 Å². The van der Waals surface area contributed by atoms with Crippen molar-refractivity contribution < 1.29 is 9.84 Å². The summed E-state index contributed by atoms with van der Waals surface area (Å²) in [6.45, 7) is 0. The summed E-state index contributed by atoms with van der Waals surface area (Å²) in [5.74, 6) is 0.752. The van der Waals surface area contributed by atoms with E-state index in [0.29, 0.717) is 6.42 Å². The zero-order chi connectivity index (χ0) is 6.97. The van der Waals surface area contributed by atoms with E-state index >= 15 is 0 Å². The molecule has 2 nitrogen and oxygen atoms in total. The summed E-state index contributed by atoms with van der Waals surface area (Å²) < 4.78 is 4.95. The van der Waals surface area contributed by atoms with Crippen LogP contribution in [-0.4, -0.2) is 6.29 Å². The molecule has 51 valence electrons. The van der Waals surface area contributed by atoms with Gasteiger partial charge in [0.05, 0.1) is 0 Å². The van der Waals surface area contributed by atoms with Crippen molar-refractivity contribution in [3.8, 4) is 5.75 Å². The van der Waals surface area contributed by atoms with Crippen molar-refractivity contribution in [2.75, 3.05) is 0 Å². The molecular formula is C8H7O2. The molecule has 0 bridgehead atoms.